The summed E-state index contributed by atoms with van der Waals surface area (Å²) < 4.78 is 0. The van der Waals surface area contributed by atoms with Gasteiger partial charge < -0.3 is 5.32 Å². The number of aromatic nitrogens is 1. The smallest absolute Gasteiger partial charge is 0.337 e. The minimum atomic E-state index is -0.338. The quantitative estimate of drug-likeness (QED) is 0.769. The van der Waals surface area contributed by atoms with Crippen molar-refractivity contribution in [2.75, 3.05) is 5.32 Å². The van der Waals surface area contributed by atoms with Crippen LogP contribution in [0.2, 0.25) is 0 Å². The third kappa shape index (κ3) is 3.72. The number of H-pyrrole nitrogens is 1. The molecule has 2 aromatic rings. The van der Waals surface area contributed by atoms with Gasteiger partial charge in [-0.05, 0) is 61.2 Å². The van der Waals surface area contributed by atoms with Crippen molar-refractivity contribution in [2.45, 2.75) is 53.4 Å². The van der Waals surface area contributed by atoms with Crippen LogP contribution in [0.4, 0.5) is 5.82 Å². The number of carbonyl (C=O) groups excluding carboxylic acids is 2. The fraction of sp³-hybridized carbons (Fsp3) is 0.375. The minimum absolute atomic E-state index is 0.0884. The molecule has 6 heteroatoms. The van der Waals surface area contributed by atoms with Gasteiger partial charge in [0.25, 0.3) is 5.82 Å². The molecule has 30 heavy (non-hydrogen) atoms. The lowest BCUT2D eigenvalue weighted by Gasteiger charge is -2.39. The lowest BCUT2D eigenvalue weighted by Crippen LogP contribution is -2.39. The van der Waals surface area contributed by atoms with E-state index < -0.39 is 0 Å². The molecule has 0 saturated carbocycles. The van der Waals surface area contributed by atoms with E-state index in [9.17, 15) is 9.59 Å². The average molecular weight is 423 g/mol. The Labute approximate surface area is 181 Å². The van der Waals surface area contributed by atoms with Crippen LogP contribution in [-0.4, -0.2) is 11.7 Å². The molecule has 1 atom stereocenters. The highest BCUT2D eigenvalue weighted by molar-refractivity contribution is 7.10. The van der Waals surface area contributed by atoms with Crippen molar-refractivity contribution in [1.82, 2.24) is 5.32 Å². The van der Waals surface area contributed by atoms with Gasteiger partial charge in [0.2, 0.25) is 0 Å². The second-order valence-electron chi connectivity index (χ2n) is 9.13. The van der Waals surface area contributed by atoms with Gasteiger partial charge in [-0.1, -0.05) is 13.8 Å². The number of hydrogen-bond donors (Lipinski definition) is 2. The summed E-state index contributed by atoms with van der Waals surface area (Å²) in [4.78, 5) is 30.9. The van der Waals surface area contributed by atoms with E-state index in [1.54, 1.807) is 11.3 Å². The number of ketones is 1. The number of aromatic amines is 1. The number of Topliss-reactive ketones (excluding diaryl/α,β-unsaturated/α-hetero) is 1. The summed E-state index contributed by atoms with van der Waals surface area (Å²) in [5.74, 6) is 0.229. The van der Waals surface area contributed by atoms with Gasteiger partial charge in [-0.15, -0.1) is 11.3 Å². The van der Waals surface area contributed by atoms with Crippen LogP contribution in [0.5, 0.6) is 0 Å². The third-order valence-electron chi connectivity index (χ3n) is 5.86. The Morgan fingerprint density at radius 3 is 2.60 bits per heavy atom. The van der Waals surface area contributed by atoms with Crippen molar-refractivity contribution in [3.63, 3.8) is 0 Å². The number of dihydropyridines is 1. The maximum atomic E-state index is 13.4. The van der Waals surface area contributed by atoms with Crippen LogP contribution >= 0.6 is 11.3 Å². The number of allylic oxidation sites excluding steroid dienone is 3. The standard InChI is InChI=1S/C24H27N3O2S/c1-13-6-7-18(25-12-13)27-23(29)19-15(3)26-16-10-24(4,5)11-17(28)20(16)21(19)22-14(2)8-9-30-22/h6-9,12,21,26H,10-11H2,1-5H3,(H,25,27,29)/p+1. The number of anilines is 1. The zero-order valence-electron chi connectivity index (χ0n) is 18.1. The first-order chi connectivity index (χ1) is 14.2. The first-order valence-electron chi connectivity index (χ1n) is 10.2. The van der Waals surface area contributed by atoms with E-state index >= 15 is 0 Å². The Morgan fingerprint density at radius 1 is 1.20 bits per heavy atom. The Kier molecular flexibility index (Phi) is 5.14. The molecule has 1 unspecified atom stereocenters. The summed E-state index contributed by atoms with van der Waals surface area (Å²) in [5, 5.41) is 8.43. The van der Waals surface area contributed by atoms with E-state index in [2.05, 4.69) is 35.5 Å². The van der Waals surface area contributed by atoms with E-state index in [4.69, 9.17) is 0 Å². The van der Waals surface area contributed by atoms with Gasteiger partial charge in [-0.3, -0.25) is 4.79 Å². The van der Waals surface area contributed by atoms with Crippen LogP contribution in [0.3, 0.4) is 0 Å². The molecule has 2 aliphatic rings. The van der Waals surface area contributed by atoms with Gasteiger partial charge in [-0.2, -0.15) is 0 Å². The molecule has 0 fully saturated rings. The minimum Gasteiger partial charge on any atom is -0.362 e. The van der Waals surface area contributed by atoms with Gasteiger partial charge in [0.15, 0.2) is 5.78 Å². The molecular formula is C24H28N3O2S+. The topological polar surface area (TPSA) is 72.3 Å². The molecule has 1 aliphatic carbocycles. The summed E-state index contributed by atoms with van der Waals surface area (Å²) in [6.07, 6.45) is 3.14. The number of amides is 1. The maximum absolute atomic E-state index is 13.4. The Balaban J connectivity index is 1.79. The van der Waals surface area contributed by atoms with Crippen molar-refractivity contribution in [1.29, 1.82) is 0 Å². The molecule has 0 spiro atoms. The predicted molar refractivity (Wildman–Crippen MR) is 119 cm³/mol. The summed E-state index contributed by atoms with van der Waals surface area (Å²) in [7, 11) is 0. The van der Waals surface area contributed by atoms with Crippen molar-refractivity contribution < 1.29 is 14.6 Å². The number of rotatable bonds is 3. The molecule has 156 valence electrons. The van der Waals surface area contributed by atoms with E-state index in [-0.39, 0.29) is 23.0 Å². The number of thiophene rings is 1. The van der Waals surface area contributed by atoms with Gasteiger partial charge in [0.05, 0.1) is 17.7 Å². The fourth-order valence-corrected chi connectivity index (χ4v) is 5.49. The van der Waals surface area contributed by atoms with E-state index in [0.29, 0.717) is 17.8 Å². The number of carbonyl (C=O) groups is 2. The zero-order valence-corrected chi connectivity index (χ0v) is 18.9. The highest BCUT2D eigenvalue weighted by Gasteiger charge is 2.44. The first kappa shape index (κ1) is 20.5. The number of aryl methyl sites for hydroxylation is 2. The summed E-state index contributed by atoms with van der Waals surface area (Å²) in [6.45, 7) is 10.2. The highest BCUT2D eigenvalue weighted by atomic mass is 32.1. The Hall–Kier alpha value is -2.73. The molecule has 4 rings (SSSR count). The molecule has 3 heterocycles. The summed E-state index contributed by atoms with van der Waals surface area (Å²) in [5.41, 5.74) is 5.24. The maximum Gasteiger partial charge on any atom is 0.337 e. The molecule has 2 aromatic heterocycles. The van der Waals surface area contributed by atoms with Crippen LogP contribution in [-0.2, 0) is 9.59 Å². The summed E-state index contributed by atoms with van der Waals surface area (Å²) in [6, 6.07) is 5.85. The van der Waals surface area contributed by atoms with E-state index in [1.165, 1.54) is 0 Å². The lowest BCUT2D eigenvalue weighted by atomic mass is 9.69. The lowest BCUT2D eigenvalue weighted by molar-refractivity contribution is -0.361. The van der Waals surface area contributed by atoms with Gasteiger partial charge in [0, 0.05) is 34.3 Å². The van der Waals surface area contributed by atoms with Crippen LogP contribution in [0, 0.1) is 19.3 Å². The average Bonchev–Trinajstić information content (AvgIpc) is 3.07. The van der Waals surface area contributed by atoms with Crippen molar-refractivity contribution in [3.8, 4) is 0 Å². The molecule has 0 bridgehead atoms. The summed E-state index contributed by atoms with van der Waals surface area (Å²) >= 11 is 1.61. The van der Waals surface area contributed by atoms with Gasteiger partial charge in [0.1, 0.15) is 0 Å². The van der Waals surface area contributed by atoms with E-state index in [0.717, 1.165) is 39.4 Å². The first-order valence-corrected chi connectivity index (χ1v) is 11.1. The molecule has 0 saturated heterocycles. The van der Waals surface area contributed by atoms with E-state index in [1.807, 2.05) is 44.5 Å². The molecule has 5 nitrogen and oxygen atoms in total. The number of nitrogens with one attached hydrogen (secondary N) is 3. The predicted octanol–water partition coefficient (Wildman–Crippen LogP) is 4.42. The van der Waals surface area contributed by atoms with Crippen molar-refractivity contribution in [2.24, 2.45) is 5.41 Å². The molecule has 1 amide bonds. The Morgan fingerprint density at radius 2 is 1.97 bits per heavy atom. The van der Waals surface area contributed by atoms with Crippen molar-refractivity contribution >= 4 is 28.8 Å². The van der Waals surface area contributed by atoms with Gasteiger partial charge >= 0.3 is 5.91 Å². The SMILES string of the molecule is CC1=C(C(=O)Nc2ccc(C)c[nH+]2)C(c2sccc2C)C2=C(CC(C)(C)CC2=O)N1. The largest absolute Gasteiger partial charge is 0.362 e. The zero-order chi connectivity index (χ0) is 21.6. The van der Waals surface area contributed by atoms with Crippen LogP contribution in [0.25, 0.3) is 0 Å². The van der Waals surface area contributed by atoms with Crippen LogP contribution in [0.15, 0.2) is 52.3 Å². The van der Waals surface area contributed by atoms with Crippen molar-refractivity contribution in [3.05, 3.63) is 68.3 Å². The second kappa shape index (κ2) is 7.51. The third-order valence-corrected chi connectivity index (χ3v) is 6.95. The van der Waals surface area contributed by atoms with Gasteiger partial charge in [-0.25, -0.2) is 15.1 Å². The fourth-order valence-electron chi connectivity index (χ4n) is 4.45. The normalized spacial score (nSPS) is 20.7. The number of pyridine rings is 1. The molecule has 3 N–H and O–H groups in total. The van der Waals surface area contributed by atoms with Crippen LogP contribution in [0.1, 0.15) is 55.5 Å². The molecule has 0 aromatic carbocycles. The highest BCUT2D eigenvalue weighted by Crippen LogP contribution is 2.48. The monoisotopic (exact) mass is 422 g/mol. The molecule has 0 radical (unpaired) electrons. The second-order valence-corrected chi connectivity index (χ2v) is 10.1. The Bertz CT molecular complexity index is 1090. The molecule has 1 aliphatic heterocycles. The molecular weight excluding hydrogens is 394 g/mol. The van der Waals surface area contributed by atoms with Crippen LogP contribution < -0.4 is 15.6 Å². The number of hydrogen-bond acceptors (Lipinski definition) is 4.